The first-order chi connectivity index (χ1) is 9.92. The number of carbonyl (C=O) groups is 1. The van der Waals surface area contributed by atoms with Crippen molar-refractivity contribution in [3.63, 3.8) is 0 Å². The van der Waals surface area contributed by atoms with Gasteiger partial charge in [-0.05, 0) is 18.1 Å². The van der Waals surface area contributed by atoms with Gasteiger partial charge < -0.3 is 10.6 Å². The van der Waals surface area contributed by atoms with Gasteiger partial charge in [-0.1, -0.05) is 6.07 Å². The minimum atomic E-state index is -1.26. The molecule has 0 aliphatic carbocycles. The molecule has 1 aromatic rings. The lowest BCUT2D eigenvalue weighted by Crippen LogP contribution is -2.47. The Labute approximate surface area is 119 Å². The molecule has 0 spiro atoms. The van der Waals surface area contributed by atoms with Gasteiger partial charge in [-0.2, -0.15) is 5.26 Å². The van der Waals surface area contributed by atoms with Crippen LogP contribution in [0.1, 0.15) is 12.0 Å². The van der Waals surface area contributed by atoms with E-state index in [9.17, 15) is 18.0 Å². The highest BCUT2D eigenvalue weighted by Gasteiger charge is 2.37. The van der Waals surface area contributed by atoms with Crippen molar-refractivity contribution >= 4 is 5.91 Å². The van der Waals surface area contributed by atoms with E-state index in [2.05, 4.69) is 0 Å². The van der Waals surface area contributed by atoms with Crippen LogP contribution in [0.3, 0.4) is 0 Å². The molecule has 1 amide bonds. The predicted molar refractivity (Wildman–Crippen MR) is 68.7 cm³/mol. The molecule has 2 rings (SSSR count). The molecule has 1 saturated heterocycles. The zero-order chi connectivity index (χ0) is 15.6. The zero-order valence-electron chi connectivity index (χ0n) is 11.1. The zero-order valence-corrected chi connectivity index (χ0v) is 11.1. The van der Waals surface area contributed by atoms with Crippen molar-refractivity contribution in [2.45, 2.75) is 31.1 Å². The maximum atomic E-state index is 13.5. The van der Waals surface area contributed by atoms with E-state index < -0.39 is 35.8 Å². The molecule has 21 heavy (non-hydrogen) atoms. The Morgan fingerprint density at radius 2 is 2.24 bits per heavy atom. The summed E-state index contributed by atoms with van der Waals surface area (Å²) in [4.78, 5) is 13.2. The molecule has 3 atom stereocenters. The smallest absolute Gasteiger partial charge is 0.241 e. The number of nitrogens with zero attached hydrogens (tertiary/aromatic N) is 2. The summed E-state index contributed by atoms with van der Waals surface area (Å²) in [6.07, 6.45) is -1.44. The summed E-state index contributed by atoms with van der Waals surface area (Å²) in [6.45, 7) is -0.184. The standard InChI is InChI=1S/C14H14F3N3O/c15-9-2-1-8(12(17)5-9)3-13(19)14(21)20-7-10(16)4-11(20)6-18/h1-2,5,10-11,13H,3-4,7,19H2/t10-,11-,13-/m0/s1. The molecule has 4 nitrogen and oxygen atoms in total. The van der Waals surface area contributed by atoms with Gasteiger partial charge in [0.1, 0.15) is 23.8 Å². The Hall–Kier alpha value is -2.07. The Morgan fingerprint density at radius 1 is 1.52 bits per heavy atom. The van der Waals surface area contributed by atoms with E-state index in [4.69, 9.17) is 11.0 Å². The largest absolute Gasteiger partial charge is 0.322 e. The number of halogens is 3. The lowest BCUT2D eigenvalue weighted by molar-refractivity contribution is -0.132. The Balaban J connectivity index is 2.08. The average Bonchev–Trinajstić information content (AvgIpc) is 2.82. The van der Waals surface area contributed by atoms with E-state index in [-0.39, 0.29) is 24.9 Å². The summed E-state index contributed by atoms with van der Waals surface area (Å²) < 4.78 is 39.6. The van der Waals surface area contributed by atoms with Crippen molar-refractivity contribution in [1.29, 1.82) is 5.26 Å². The van der Waals surface area contributed by atoms with Crippen molar-refractivity contribution in [2.24, 2.45) is 5.73 Å². The fourth-order valence-corrected chi connectivity index (χ4v) is 2.38. The van der Waals surface area contributed by atoms with Crippen LogP contribution >= 0.6 is 0 Å². The number of hydrogen-bond donors (Lipinski definition) is 1. The van der Waals surface area contributed by atoms with Crippen LogP contribution in [0.2, 0.25) is 0 Å². The summed E-state index contributed by atoms with van der Waals surface area (Å²) in [5.74, 6) is -2.12. The molecular weight excluding hydrogens is 283 g/mol. The molecule has 1 aromatic carbocycles. The minimum absolute atomic E-state index is 0.0418. The van der Waals surface area contributed by atoms with E-state index in [1.165, 1.54) is 6.07 Å². The fourth-order valence-electron chi connectivity index (χ4n) is 2.38. The van der Waals surface area contributed by atoms with Crippen molar-refractivity contribution in [2.75, 3.05) is 6.54 Å². The van der Waals surface area contributed by atoms with E-state index in [0.29, 0.717) is 6.07 Å². The summed E-state index contributed by atoms with van der Waals surface area (Å²) in [5.41, 5.74) is 5.81. The topological polar surface area (TPSA) is 70.1 Å². The third-order valence-corrected chi connectivity index (χ3v) is 3.45. The average molecular weight is 297 g/mol. The molecule has 1 aliphatic heterocycles. The van der Waals surface area contributed by atoms with Crippen molar-refractivity contribution < 1.29 is 18.0 Å². The number of carbonyl (C=O) groups excluding carboxylic acids is 1. The second-order valence-electron chi connectivity index (χ2n) is 5.01. The van der Waals surface area contributed by atoms with Gasteiger partial charge in [0.2, 0.25) is 5.91 Å². The normalized spacial score (nSPS) is 22.9. The molecule has 1 heterocycles. The van der Waals surface area contributed by atoms with Crippen LogP contribution in [-0.4, -0.2) is 35.6 Å². The molecule has 1 aliphatic rings. The molecule has 112 valence electrons. The maximum absolute atomic E-state index is 13.5. The second-order valence-corrected chi connectivity index (χ2v) is 5.01. The molecule has 0 bridgehead atoms. The molecule has 2 N–H and O–H groups in total. The third kappa shape index (κ3) is 3.34. The van der Waals surface area contributed by atoms with Gasteiger partial charge in [-0.25, -0.2) is 13.2 Å². The number of alkyl halides is 1. The number of nitriles is 1. The SMILES string of the molecule is N#C[C@@H]1C[C@H](F)CN1C(=O)[C@@H](N)Cc1ccc(F)cc1F. The van der Waals surface area contributed by atoms with Crippen LogP contribution < -0.4 is 5.73 Å². The van der Waals surface area contributed by atoms with Gasteiger partial charge in [0.15, 0.2) is 0 Å². The van der Waals surface area contributed by atoms with Crippen LogP contribution in [0.25, 0.3) is 0 Å². The van der Waals surface area contributed by atoms with Gasteiger partial charge in [0.05, 0.1) is 18.7 Å². The molecule has 0 unspecified atom stereocenters. The highest BCUT2D eigenvalue weighted by atomic mass is 19.1. The fraction of sp³-hybridized carbons (Fsp3) is 0.429. The number of benzene rings is 1. The van der Waals surface area contributed by atoms with Crippen LogP contribution in [0.15, 0.2) is 18.2 Å². The summed E-state index contributed by atoms with van der Waals surface area (Å²) in [6, 6.07) is 2.88. The first-order valence-electron chi connectivity index (χ1n) is 6.46. The Morgan fingerprint density at radius 3 is 2.86 bits per heavy atom. The van der Waals surface area contributed by atoms with E-state index in [0.717, 1.165) is 11.0 Å². The molecule has 1 fully saturated rings. The van der Waals surface area contributed by atoms with Crippen LogP contribution in [0.4, 0.5) is 13.2 Å². The molecule has 7 heteroatoms. The minimum Gasteiger partial charge on any atom is -0.322 e. The lowest BCUT2D eigenvalue weighted by atomic mass is 10.0. The van der Waals surface area contributed by atoms with Gasteiger partial charge in [-0.15, -0.1) is 0 Å². The monoisotopic (exact) mass is 297 g/mol. The lowest BCUT2D eigenvalue weighted by Gasteiger charge is -2.23. The second kappa shape index (κ2) is 6.14. The van der Waals surface area contributed by atoms with Crippen LogP contribution in [0.5, 0.6) is 0 Å². The van der Waals surface area contributed by atoms with E-state index in [1.54, 1.807) is 0 Å². The van der Waals surface area contributed by atoms with Gasteiger partial charge >= 0.3 is 0 Å². The van der Waals surface area contributed by atoms with Crippen molar-refractivity contribution in [1.82, 2.24) is 4.90 Å². The van der Waals surface area contributed by atoms with E-state index in [1.807, 2.05) is 6.07 Å². The maximum Gasteiger partial charge on any atom is 0.241 e. The van der Waals surface area contributed by atoms with Gasteiger partial charge in [0, 0.05) is 12.5 Å². The molecular formula is C14H14F3N3O. The number of hydrogen-bond acceptors (Lipinski definition) is 3. The molecule has 0 radical (unpaired) electrons. The Kier molecular flexibility index (Phi) is 4.48. The number of rotatable bonds is 3. The predicted octanol–water partition coefficient (Wildman–Crippen LogP) is 1.30. The van der Waals surface area contributed by atoms with E-state index >= 15 is 0 Å². The molecule has 0 saturated carbocycles. The van der Waals surface area contributed by atoms with Crippen molar-refractivity contribution in [3.8, 4) is 6.07 Å². The summed E-state index contributed by atoms with van der Waals surface area (Å²) >= 11 is 0. The van der Waals surface area contributed by atoms with Crippen LogP contribution in [-0.2, 0) is 11.2 Å². The molecule has 0 aromatic heterocycles. The third-order valence-electron chi connectivity index (χ3n) is 3.45. The quantitative estimate of drug-likeness (QED) is 0.914. The highest BCUT2D eigenvalue weighted by molar-refractivity contribution is 5.83. The number of likely N-dealkylation sites (tertiary alicyclic amines) is 1. The summed E-state index contributed by atoms with van der Waals surface area (Å²) in [7, 11) is 0. The van der Waals surface area contributed by atoms with Crippen molar-refractivity contribution in [3.05, 3.63) is 35.4 Å². The first-order valence-corrected chi connectivity index (χ1v) is 6.46. The van der Waals surface area contributed by atoms with Gasteiger partial charge in [0.25, 0.3) is 0 Å². The first kappa shape index (κ1) is 15.3. The number of amides is 1. The van der Waals surface area contributed by atoms with Gasteiger partial charge in [-0.3, -0.25) is 4.79 Å². The highest BCUT2D eigenvalue weighted by Crippen LogP contribution is 2.21. The number of nitrogens with two attached hydrogens (primary N) is 1. The van der Waals surface area contributed by atoms with Crippen LogP contribution in [0, 0.1) is 23.0 Å². The summed E-state index contributed by atoms with van der Waals surface area (Å²) in [5, 5.41) is 8.90. The Bertz CT molecular complexity index is 587.